The van der Waals surface area contributed by atoms with Crippen LogP contribution in [0.4, 0.5) is 5.82 Å². The van der Waals surface area contributed by atoms with Gasteiger partial charge in [-0.3, -0.25) is 4.79 Å². The monoisotopic (exact) mass is 414 g/mol. The zero-order valence-electron chi connectivity index (χ0n) is 18.1. The van der Waals surface area contributed by atoms with Crippen molar-refractivity contribution in [3.05, 3.63) is 77.9 Å². The molecule has 1 saturated heterocycles. The predicted molar refractivity (Wildman–Crippen MR) is 125 cm³/mol. The first-order valence-electron chi connectivity index (χ1n) is 11.2. The van der Waals surface area contributed by atoms with Crippen LogP contribution in [0.1, 0.15) is 30.4 Å². The van der Waals surface area contributed by atoms with Crippen molar-refractivity contribution in [3.63, 3.8) is 0 Å². The molecule has 2 aromatic carbocycles. The third-order valence-electron chi connectivity index (χ3n) is 5.86. The van der Waals surface area contributed by atoms with Crippen molar-refractivity contribution in [3.8, 4) is 11.3 Å². The molecule has 2 heterocycles. The number of carbonyl (C=O) groups excluding carboxylic acids is 1. The molecule has 0 unspecified atom stereocenters. The minimum Gasteiger partial charge on any atom is -0.356 e. The number of piperidine rings is 1. The number of nitrogens with zero attached hydrogens (tertiary/aromatic N) is 3. The Balaban J connectivity index is 1.29. The first kappa shape index (κ1) is 21.0. The number of anilines is 1. The van der Waals surface area contributed by atoms with Crippen molar-refractivity contribution in [2.45, 2.75) is 32.6 Å². The highest BCUT2D eigenvalue weighted by molar-refractivity contribution is 5.79. The number of carbonyl (C=O) groups is 1. The summed E-state index contributed by atoms with van der Waals surface area (Å²) in [5, 5.41) is 12.0. The van der Waals surface area contributed by atoms with Crippen LogP contribution in [0.5, 0.6) is 0 Å². The Morgan fingerprint density at radius 3 is 2.71 bits per heavy atom. The van der Waals surface area contributed by atoms with Crippen molar-refractivity contribution < 1.29 is 4.79 Å². The van der Waals surface area contributed by atoms with E-state index in [1.54, 1.807) is 0 Å². The molecule has 0 bridgehead atoms. The van der Waals surface area contributed by atoms with Gasteiger partial charge in [-0.05, 0) is 56.4 Å². The lowest BCUT2D eigenvalue weighted by Crippen LogP contribution is -2.43. The van der Waals surface area contributed by atoms with Gasteiger partial charge >= 0.3 is 0 Å². The van der Waals surface area contributed by atoms with Gasteiger partial charge in [-0.2, -0.15) is 0 Å². The fourth-order valence-electron chi connectivity index (χ4n) is 4.14. The van der Waals surface area contributed by atoms with E-state index in [2.05, 4.69) is 69.8 Å². The van der Waals surface area contributed by atoms with E-state index >= 15 is 0 Å². The first-order chi connectivity index (χ1) is 15.2. The van der Waals surface area contributed by atoms with E-state index in [1.807, 2.05) is 24.3 Å². The Labute approximate surface area is 184 Å². The van der Waals surface area contributed by atoms with Crippen LogP contribution in [0, 0.1) is 12.8 Å². The van der Waals surface area contributed by atoms with Crippen LogP contribution in [0.2, 0.25) is 0 Å². The van der Waals surface area contributed by atoms with Gasteiger partial charge in [0, 0.05) is 25.2 Å². The van der Waals surface area contributed by atoms with Crippen LogP contribution in [0.25, 0.3) is 11.3 Å². The normalized spacial score (nSPS) is 16.2. The van der Waals surface area contributed by atoms with Crippen LogP contribution in [0.15, 0.2) is 66.7 Å². The molecule has 1 atom stereocenters. The average Bonchev–Trinajstić information content (AvgIpc) is 2.82. The summed E-state index contributed by atoms with van der Waals surface area (Å²) in [6, 6.07) is 22.7. The summed E-state index contributed by atoms with van der Waals surface area (Å²) in [5.41, 5.74) is 4.47. The molecule has 31 heavy (non-hydrogen) atoms. The summed E-state index contributed by atoms with van der Waals surface area (Å²) in [6.07, 6.45) is 3.86. The molecule has 1 aliphatic rings. The van der Waals surface area contributed by atoms with Gasteiger partial charge in [-0.25, -0.2) is 0 Å². The summed E-state index contributed by atoms with van der Waals surface area (Å²) < 4.78 is 0. The maximum absolute atomic E-state index is 12.7. The van der Waals surface area contributed by atoms with E-state index in [1.165, 1.54) is 11.1 Å². The second kappa shape index (κ2) is 10.2. The van der Waals surface area contributed by atoms with Gasteiger partial charge in [-0.15, -0.1) is 10.2 Å². The molecule has 3 aromatic rings. The van der Waals surface area contributed by atoms with Crippen molar-refractivity contribution in [2.24, 2.45) is 5.92 Å². The average molecular weight is 415 g/mol. The number of nitrogens with one attached hydrogen (secondary N) is 1. The fraction of sp³-hybridized carbons (Fsp3) is 0.346. The highest BCUT2D eigenvalue weighted by atomic mass is 16.1. The summed E-state index contributed by atoms with van der Waals surface area (Å²) in [7, 11) is 0. The number of aryl methyl sites for hydroxylation is 2. The quantitative estimate of drug-likeness (QED) is 0.582. The molecule has 0 radical (unpaired) electrons. The maximum atomic E-state index is 12.7. The Morgan fingerprint density at radius 1 is 1.06 bits per heavy atom. The second-order valence-corrected chi connectivity index (χ2v) is 8.31. The van der Waals surface area contributed by atoms with Gasteiger partial charge in [0.15, 0.2) is 5.82 Å². The van der Waals surface area contributed by atoms with Gasteiger partial charge in [0.05, 0.1) is 11.6 Å². The molecule has 1 N–H and O–H groups in total. The number of hydrogen-bond acceptors (Lipinski definition) is 4. The van der Waals surface area contributed by atoms with Crippen molar-refractivity contribution in [1.82, 2.24) is 15.5 Å². The van der Waals surface area contributed by atoms with Crippen LogP contribution >= 0.6 is 0 Å². The lowest BCUT2D eigenvalue weighted by Gasteiger charge is -2.32. The van der Waals surface area contributed by atoms with Crippen LogP contribution in [0.3, 0.4) is 0 Å². The number of rotatable bonds is 7. The van der Waals surface area contributed by atoms with Crippen molar-refractivity contribution in [2.75, 3.05) is 24.5 Å². The minimum absolute atomic E-state index is 0.00345. The van der Waals surface area contributed by atoms with Crippen molar-refractivity contribution in [1.29, 1.82) is 0 Å². The molecule has 1 aromatic heterocycles. The summed E-state index contributed by atoms with van der Waals surface area (Å²) in [5.74, 6) is 1.00. The smallest absolute Gasteiger partial charge is 0.224 e. The predicted octanol–water partition coefficient (Wildman–Crippen LogP) is 4.42. The molecule has 1 aliphatic heterocycles. The molecular formula is C26H30N4O. The van der Waals surface area contributed by atoms with Crippen LogP contribution in [-0.4, -0.2) is 35.7 Å². The third kappa shape index (κ3) is 5.69. The standard InChI is InChI=1S/C26H30N4O/c1-20-8-5-12-22(18-20)24-14-15-25(29-28-24)30-17-7-13-23(19-30)26(31)27-16-6-11-21-9-3-2-4-10-21/h2-5,8-10,12,14-15,18,23H,6-7,11,13,16-17,19H2,1H3,(H,27,31)/t23-/m1/s1. The van der Waals surface area contributed by atoms with Crippen LogP contribution < -0.4 is 10.2 Å². The lowest BCUT2D eigenvalue weighted by molar-refractivity contribution is -0.125. The Kier molecular flexibility index (Phi) is 6.92. The highest BCUT2D eigenvalue weighted by Gasteiger charge is 2.26. The zero-order chi connectivity index (χ0) is 21.5. The topological polar surface area (TPSA) is 58.1 Å². The van der Waals surface area contributed by atoms with Crippen LogP contribution in [-0.2, 0) is 11.2 Å². The molecular weight excluding hydrogens is 384 g/mol. The molecule has 0 aliphatic carbocycles. The third-order valence-corrected chi connectivity index (χ3v) is 5.86. The van der Waals surface area contributed by atoms with Gasteiger partial charge in [0.1, 0.15) is 0 Å². The molecule has 0 spiro atoms. The summed E-state index contributed by atoms with van der Waals surface area (Å²) >= 11 is 0. The van der Waals surface area contributed by atoms with Crippen molar-refractivity contribution >= 4 is 11.7 Å². The number of aromatic nitrogens is 2. The zero-order valence-corrected chi connectivity index (χ0v) is 18.1. The summed E-state index contributed by atoms with van der Waals surface area (Å²) in [6.45, 7) is 4.40. The number of benzene rings is 2. The van der Waals surface area contributed by atoms with Gasteiger partial charge < -0.3 is 10.2 Å². The first-order valence-corrected chi connectivity index (χ1v) is 11.2. The Morgan fingerprint density at radius 2 is 1.94 bits per heavy atom. The fourth-order valence-corrected chi connectivity index (χ4v) is 4.14. The van der Waals surface area contributed by atoms with Gasteiger partial charge in [-0.1, -0.05) is 54.1 Å². The second-order valence-electron chi connectivity index (χ2n) is 8.31. The Bertz CT molecular complexity index is 988. The molecule has 1 fully saturated rings. The molecule has 1 amide bonds. The van der Waals surface area contributed by atoms with Gasteiger partial charge in [0.25, 0.3) is 0 Å². The maximum Gasteiger partial charge on any atom is 0.224 e. The largest absolute Gasteiger partial charge is 0.356 e. The number of hydrogen-bond donors (Lipinski definition) is 1. The van der Waals surface area contributed by atoms with Gasteiger partial charge in [0.2, 0.25) is 5.91 Å². The van der Waals surface area contributed by atoms with E-state index in [0.29, 0.717) is 6.54 Å². The number of amides is 1. The Hall–Kier alpha value is -3.21. The van der Waals surface area contributed by atoms with E-state index in [9.17, 15) is 4.79 Å². The lowest BCUT2D eigenvalue weighted by atomic mass is 9.97. The molecule has 5 nitrogen and oxygen atoms in total. The van der Waals surface area contributed by atoms with E-state index < -0.39 is 0 Å². The SMILES string of the molecule is Cc1cccc(-c2ccc(N3CCC[C@@H](C(=O)NCCCc4ccccc4)C3)nn2)c1. The van der Waals surface area contributed by atoms with E-state index in [0.717, 1.165) is 55.8 Å². The molecule has 160 valence electrons. The molecule has 5 heteroatoms. The molecule has 0 saturated carbocycles. The van der Waals surface area contributed by atoms with E-state index in [-0.39, 0.29) is 11.8 Å². The minimum atomic E-state index is 0.00345. The summed E-state index contributed by atoms with van der Waals surface area (Å²) in [4.78, 5) is 14.9. The molecule has 4 rings (SSSR count). The van der Waals surface area contributed by atoms with E-state index in [4.69, 9.17) is 0 Å². The highest BCUT2D eigenvalue weighted by Crippen LogP contribution is 2.24.